The van der Waals surface area contributed by atoms with Crippen LogP contribution in [-0.4, -0.2) is 22.1 Å². The predicted molar refractivity (Wildman–Crippen MR) is 63.5 cm³/mol. The summed E-state index contributed by atoms with van der Waals surface area (Å²) in [7, 11) is 0. The van der Waals surface area contributed by atoms with Crippen molar-refractivity contribution in [3.8, 4) is 0 Å². The highest BCUT2D eigenvalue weighted by atomic mass is 79.9. The van der Waals surface area contributed by atoms with Crippen molar-refractivity contribution in [2.24, 2.45) is 11.1 Å². The van der Waals surface area contributed by atoms with Gasteiger partial charge in [-0.25, -0.2) is 9.97 Å². The molecule has 2 rings (SSSR count). The average Bonchev–Trinajstić information content (AvgIpc) is 2.20. The number of aromatic nitrogens is 2. The lowest BCUT2D eigenvalue weighted by Gasteiger charge is -2.50. The van der Waals surface area contributed by atoms with Crippen LogP contribution in [-0.2, 0) is 0 Å². The lowest BCUT2D eigenvalue weighted by Crippen LogP contribution is -2.61. The van der Waals surface area contributed by atoms with Crippen molar-refractivity contribution in [1.82, 2.24) is 9.97 Å². The second-order valence-electron chi connectivity index (χ2n) is 4.58. The van der Waals surface area contributed by atoms with Crippen LogP contribution in [0.2, 0.25) is 0 Å². The minimum absolute atomic E-state index is 0.129. The molecule has 0 radical (unpaired) electrons. The number of hydrogen-bond donors (Lipinski definition) is 2. The Balaban J connectivity index is 2.08. The highest BCUT2D eigenvalue weighted by Gasteiger charge is 2.46. The first-order valence-corrected chi connectivity index (χ1v) is 5.78. The summed E-state index contributed by atoms with van der Waals surface area (Å²) in [4.78, 5) is 8.11. The molecule has 1 aliphatic carbocycles. The number of hydrogen-bond acceptors (Lipinski definition) is 4. The molecule has 1 aromatic heterocycles. The van der Waals surface area contributed by atoms with Crippen LogP contribution in [0.15, 0.2) is 17.0 Å². The van der Waals surface area contributed by atoms with Gasteiger partial charge < -0.3 is 11.1 Å². The van der Waals surface area contributed by atoms with E-state index in [1.807, 2.05) is 0 Å². The Morgan fingerprint density at radius 2 is 2.33 bits per heavy atom. The Morgan fingerprint density at radius 3 is 2.87 bits per heavy atom. The molecule has 1 fully saturated rings. The summed E-state index contributed by atoms with van der Waals surface area (Å²) >= 11 is 3.41. The predicted octanol–water partition coefficient (Wildman–Crippen LogP) is 1.78. The molecule has 2 unspecified atom stereocenters. The molecule has 1 saturated carbocycles. The highest BCUT2D eigenvalue weighted by molar-refractivity contribution is 9.10. The molecule has 4 nitrogen and oxygen atoms in total. The van der Waals surface area contributed by atoms with Crippen LogP contribution >= 0.6 is 15.9 Å². The molecule has 0 amide bonds. The zero-order valence-corrected chi connectivity index (χ0v) is 10.5. The summed E-state index contributed by atoms with van der Waals surface area (Å²) in [6.07, 6.45) is 4.27. The van der Waals surface area contributed by atoms with Gasteiger partial charge in [-0.2, -0.15) is 0 Å². The summed E-state index contributed by atoms with van der Waals surface area (Å²) in [5, 5.41) is 3.39. The highest BCUT2D eigenvalue weighted by Crippen LogP contribution is 2.41. The first-order valence-electron chi connectivity index (χ1n) is 4.99. The monoisotopic (exact) mass is 270 g/mol. The number of rotatable bonds is 2. The van der Waals surface area contributed by atoms with Gasteiger partial charge in [0.1, 0.15) is 12.1 Å². The molecule has 0 bridgehead atoms. The fraction of sp³-hybridized carbons (Fsp3) is 0.600. The van der Waals surface area contributed by atoms with Gasteiger partial charge in [0.15, 0.2) is 0 Å². The maximum absolute atomic E-state index is 5.95. The number of nitrogens with zero attached hydrogens (tertiary/aromatic N) is 2. The van der Waals surface area contributed by atoms with E-state index >= 15 is 0 Å². The zero-order valence-electron chi connectivity index (χ0n) is 8.87. The number of halogens is 1. The van der Waals surface area contributed by atoms with E-state index in [9.17, 15) is 0 Å². The van der Waals surface area contributed by atoms with E-state index < -0.39 is 0 Å². The standard InChI is InChI=1S/C10H15BrN4/c1-10(2)7(12)3-8(10)15-9-6(11)4-13-5-14-9/h4-5,7-8H,3,12H2,1-2H3,(H,13,14,15). The van der Waals surface area contributed by atoms with Crippen molar-refractivity contribution in [3.05, 3.63) is 17.0 Å². The Kier molecular flexibility index (Phi) is 2.68. The van der Waals surface area contributed by atoms with E-state index in [1.54, 1.807) is 12.5 Å². The third-order valence-electron chi connectivity index (χ3n) is 3.32. The lowest BCUT2D eigenvalue weighted by molar-refractivity contribution is 0.117. The van der Waals surface area contributed by atoms with Crippen LogP contribution in [0.1, 0.15) is 20.3 Å². The molecule has 0 aliphatic heterocycles. The molecule has 0 spiro atoms. The van der Waals surface area contributed by atoms with Crippen LogP contribution in [0.5, 0.6) is 0 Å². The SMILES string of the molecule is CC1(C)C(N)CC1Nc1ncncc1Br. The summed E-state index contributed by atoms with van der Waals surface area (Å²) < 4.78 is 0.890. The van der Waals surface area contributed by atoms with Gasteiger partial charge in [-0.3, -0.25) is 0 Å². The maximum Gasteiger partial charge on any atom is 0.143 e. The molecule has 82 valence electrons. The van der Waals surface area contributed by atoms with E-state index in [1.165, 1.54) is 0 Å². The van der Waals surface area contributed by atoms with E-state index in [2.05, 4.69) is 45.1 Å². The molecule has 0 aromatic carbocycles. The van der Waals surface area contributed by atoms with Crippen LogP contribution in [0.4, 0.5) is 5.82 Å². The van der Waals surface area contributed by atoms with E-state index in [0.29, 0.717) is 6.04 Å². The summed E-state index contributed by atoms with van der Waals surface area (Å²) in [6, 6.07) is 0.661. The molecular weight excluding hydrogens is 256 g/mol. The minimum atomic E-state index is 0.129. The smallest absolute Gasteiger partial charge is 0.143 e. The molecule has 5 heteroatoms. The van der Waals surface area contributed by atoms with Gasteiger partial charge in [-0.1, -0.05) is 13.8 Å². The average molecular weight is 271 g/mol. The van der Waals surface area contributed by atoms with Crippen molar-refractivity contribution in [3.63, 3.8) is 0 Å². The van der Waals surface area contributed by atoms with Gasteiger partial charge in [0.25, 0.3) is 0 Å². The number of nitrogens with one attached hydrogen (secondary N) is 1. The Morgan fingerprint density at radius 1 is 1.60 bits per heavy atom. The van der Waals surface area contributed by atoms with Gasteiger partial charge in [0.2, 0.25) is 0 Å². The lowest BCUT2D eigenvalue weighted by atomic mass is 9.63. The van der Waals surface area contributed by atoms with Gasteiger partial charge in [-0.05, 0) is 22.4 Å². The molecule has 3 N–H and O–H groups in total. The fourth-order valence-electron chi connectivity index (χ4n) is 1.79. The maximum atomic E-state index is 5.95. The van der Waals surface area contributed by atoms with Crippen LogP contribution in [0.25, 0.3) is 0 Å². The van der Waals surface area contributed by atoms with E-state index in [0.717, 1.165) is 16.7 Å². The summed E-state index contributed by atoms with van der Waals surface area (Å²) in [5.41, 5.74) is 6.08. The van der Waals surface area contributed by atoms with Crippen molar-refractivity contribution in [2.45, 2.75) is 32.4 Å². The van der Waals surface area contributed by atoms with Crippen LogP contribution < -0.4 is 11.1 Å². The Hall–Kier alpha value is -0.680. The molecule has 1 aliphatic rings. The van der Waals surface area contributed by atoms with E-state index in [4.69, 9.17) is 5.73 Å². The van der Waals surface area contributed by atoms with Crippen LogP contribution in [0.3, 0.4) is 0 Å². The molecule has 0 saturated heterocycles. The Bertz CT molecular complexity index is 366. The summed E-state index contributed by atoms with van der Waals surface area (Å²) in [6.45, 7) is 4.35. The van der Waals surface area contributed by atoms with Crippen molar-refractivity contribution in [1.29, 1.82) is 0 Å². The first-order chi connectivity index (χ1) is 7.01. The minimum Gasteiger partial charge on any atom is -0.366 e. The molecule has 15 heavy (non-hydrogen) atoms. The fourth-order valence-corrected chi connectivity index (χ4v) is 2.12. The third kappa shape index (κ3) is 1.86. The van der Waals surface area contributed by atoms with Gasteiger partial charge in [-0.15, -0.1) is 0 Å². The van der Waals surface area contributed by atoms with Gasteiger partial charge >= 0.3 is 0 Å². The van der Waals surface area contributed by atoms with Crippen LogP contribution in [0, 0.1) is 5.41 Å². The second-order valence-corrected chi connectivity index (χ2v) is 5.43. The largest absolute Gasteiger partial charge is 0.366 e. The van der Waals surface area contributed by atoms with Crippen molar-refractivity contribution < 1.29 is 0 Å². The normalized spacial score (nSPS) is 28.3. The number of nitrogens with two attached hydrogens (primary N) is 1. The topological polar surface area (TPSA) is 63.8 Å². The third-order valence-corrected chi connectivity index (χ3v) is 3.90. The second kappa shape index (κ2) is 3.72. The van der Waals surface area contributed by atoms with E-state index in [-0.39, 0.29) is 11.5 Å². The molecular formula is C10H15BrN4. The van der Waals surface area contributed by atoms with Gasteiger partial charge in [0, 0.05) is 23.7 Å². The van der Waals surface area contributed by atoms with Crippen molar-refractivity contribution in [2.75, 3.05) is 5.32 Å². The summed E-state index contributed by atoms with van der Waals surface area (Å²) in [5.74, 6) is 0.843. The van der Waals surface area contributed by atoms with Gasteiger partial charge in [0.05, 0.1) is 4.47 Å². The first kappa shape index (κ1) is 10.8. The quantitative estimate of drug-likeness (QED) is 0.860. The molecule has 1 aromatic rings. The van der Waals surface area contributed by atoms with Crippen molar-refractivity contribution >= 4 is 21.7 Å². The zero-order chi connectivity index (χ0) is 11.1. The Labute approximate surface area is 97.8 Å². The molecule has 1 heterocycles. The molecule has 2 atom stereocenters. The number of anilines is 1.